The maximum Gasteiger partial charge on any atom is 0.301 e. The van der Waals surface area contributed by atoms with Crippen molar-refractivity contribution in [3.63, 3.8) is 0 Å². The van der Waals surface area contributed by atoms with E-state index in [1.54, 1.807) is 32.6 Å². The molecule has 4 aromatic rings. The van der Waals surface area contributed by atoms with Crippen LogP contribution in [0.1, 0.15) is 28.2 Å². The summed E-state index contributed by atoms with van der Waals surface area (Å²) in [7, 11) is 3.10. The van der Waals surface area contributed by atoms with Crippen LogP contribution in [0.25, 0.3) is 5.76 Å². The number of ether oxygens (including phenoxy) is 3. The zero-order chi connectivity index (χ0) is 29.8. The van der Waals surface area contributed by atoms with Gasteiger partial charge in [0.15, 0.2) is 11.5 Å². The lowest BCUT2D eigenvalue weighted by Crippen LogP contribution is -2.18. The van der Waals surface area contributed by atoms with Crippen LogP contribution in [0.15, 0.2) is 95.6 Å². The summed E-state index contributed by atoms with van der Waals surface area (Å²) in [4.78, 5) is 21.4. The molecule has 0 amide bonds. The van der Waals surface area contributed by atoms with E-state index in [4.69, 9.17) is 14.2 Å². The number of nitro groups is 2. The highest BCUT2D eigenvalue weighted by molar-refractivity contribution is 5.95. The quantitative estimate of drug-likeness (QED) is 0.132. The summed E-state index contributed by atoms with van der Waals surface area (Å²) in [5, 5.41) is 27.2. The van der Waals surface area contributed by atoms with Crippen molar-refractivity contribution < 1.29 is 24.1 Å². The van der Waals surface area contributed by atoms with Crippen LogP contribution in [-0.4, -0.2) is 30.3 Å². The number of hydrazone groups is 1. The number of hydrogen-bond donors (Lipinski definition) is 1. The molecule has 11 heteroatoms. The lowest BCUT2D eigenvalue weighted by molar-refractivity contribution is -0.393. The van der Waals surface area contributed by atoms with Gasteiger partial charge in [-0.05, 0) is 48.4 Å². The van der Waals surface area contributed by atoms with E-state index in [9.17, 15) is 20.2 Å². The second-order valence-electron chi connectivity index (χ2n) is 9.37. The number of aryl methyl sites for hydroxylation is 1. The summed E-state index contributed by atoms with van der Waals surface area (Å²) < 4.78 is 17.4. The SMILES string of the molecule is COc1ccc(C2=C(/C=N/Nc3ccc([N+](=O)[O-])cc3[N+](=O)[O-])C(c3ccccc3C)c3ccccc3O2)cc1OC. The van der Waals surface area contributed by atoms with Crippen LogP contribution in [-0.2, 0) is 0 Å². The van der Waals surface area contributed by atoms with Crippen molar-refractivity contribution in [3.8, 4) is 17.2 Å². The third-order valence-electron chi connectivity index (χ3n) is 6.94. The van der Waals surface area contributed by atoms with E-state index >= 15 is 0 Å². The lowest BCUT2D eigenvalue weighted by Gasteiger charge is -2.30. The van der Waals surface area contributed by atoms with E-state index in [0.29, 0.717) is 34.1 Å². The molecule has 11 nitrogen and oxygen atoms in total. The average molecular weight is 567 g/mol. The Morgan fingerprint density at radius 1 is 0.857 bits per heavy atom. The minimum atomic E-state index is -0.699. The molecule has 1 N–H and O–H groups in total. The molecule has 0 aromatic heterocycles. The van der Waals surface area contributed by atoms with Crippen molar-refractivity contribution in [2.45, 2.75) is 12.8 Å². The summed E-state index contributed by atoms with van der Waals surface area (Å²) in [5.41, 5.74) is 6.19. The van der Waals surface area contributed by atoms with E-state index in [1.807, 2.05) is 61.5 Å². The third kappa shape index (κ3) is 5.35. The highest BCUT2D eigenvalue weighted by atomic mass is 16.6. The zero-order valence-electron chi connectivity index (χ0n) is 22.9. The van der Waals surface area contributed by atoms with Gasteiger partial charge in [-0.3, -0.25) is 25.7 Å². The Kier molecular flexibility index (Phi) is 7.82. The van der Waals surface area contributed by atoms with Gasteiger partial charge in [-0.25, -0.2) is 0 Å². The number of nitrogens with zero attached hydrogens (tertiary/aromatic N) is 3. The molecule has 1 unspecified atom stereocenters. The first-order chi connectivity index (χ1) is 20.3. The largest absolute Gasteiger partial charge is 0.493 e. The predicted octanol–water partition coefficient (Wildman–Crippen LogP) is 6.86. The first-order valence-corrected chi connectivity index (χ1v) is 12.8. The number of anilines is 1. The standard InChI is InChI=1S/C31H26N4O7/c1-19-8-4-5-9-22(19)30-23-10-6-7-11-27(23)42-31(20-12-15-28(40-2)29(16-20)41-3)24(30)18-32-33-25-14-13-21(34(36)37)17-26(25)35(38)39/h4-18,30,33H,1-3H3/b32-18+. The van der Waals surface area contributed by atoms with Crippen molar-refractivity contribution in [1.29, 1.82) is 0 Å². The first-order valence-electron chi connectivity index (χ1n) is 12.8. The minimum absolute atomic E-state index is 0.000290. The molecule has 1 heterocycles. The highest BCUT2D eigenvalue weighted by Crippen LogP contribution is 2.46. The number of hydrogen-bond acceptors (Lipinski definition) is 9. The fraction of sp³-hybridized carbons (Fsp3) is 0.129. The van der Waals surface area contributed by atoms with Gasteiger partial charge in [0.1, 0.15) is 17.2 Å². The second-order valence-corrected chi connectivity index (χ2v) is 9.37. The Labute approximate surface area is 241 Å². The molecule has 0 radical (unpaired) electrons. The van der Waals surface area contributed by atoms with Crippen molar-refractivity contribution in [1.82, 2.24) is 0 Å². The average Bonchev–Trinajstić information content (AvgIpc) is 3.00. The topological polar surface area (TPSA) is 138 Å². The van der Waals surface area contributed by atoms with Crippen molar-refractivity contribution in [2.75, 3.05) is 19.6 Å². The minimum Gasteiger partial charge on any atom is -0.493 e. The van der Waals surface area contributed by atoms with Gasteiger partial charge < -0.3 is 14.2 Å². The van der Waals surface area contributed by atoms with E-state index in [1.165, 1.54) is 12.1 Å². The number of nitrogens with one attached hydrogen (secondary N) is 1. The van der Waals surface area contributed by atoms with Crippen molar-refractivity contribution >= 4 is 29.0 Å². The van der Waals surface area contributed by atoms with E-state index in [2.05, 4.69) is 10.5 Å². The summed E-state index contributed by atoms with van der Waals surface area (Å²) in [6.07, 6.45) is 1.56. The second kappa shape index (κ2) is 11.8. The number of methoxy groups -OCH3 is 2. The summed E-state index contributed by atoms with van der Waals surface area (Å²) in [5.74, 6) is 1.93. The Bertz CT molecular complexity index is 1750. The Balaban J connectivity index is 1.68. The third-order valence-corrected chi connectivity index (χ3v) is 6.94. The molecule has 1 aliphatic rings. The van der Waals surface area contributed by atoms with Gasteiger partial charge >= 0.3 is 5.69 Å². The van der Waals surface area contributed by atoms with Crippen molar-refractivity contribution in [3.05, 3.63) is 133 Å². The maximum absolute atomic E-state index is 11.7. The molecule has 1 aliphatic heterocycles. The van der Waals surface area contributed by atoms with Gasteiger partial charge in [-0.2, -0.15) is 5.10 Å². The Morgan fingerprint density at radius 3 is 2.26 bits per heavy atom. The number of benzene rings is 4. The van der Waals surface area contributed by atoms with Crippen LogP contribution in [0.4, 0.5) is 17.1 Å². The van der Waals surface area contributed by atoms with Gasteiger partial charge in [-0.15, -0.1) is 0 Å². The van der Waals surface area contributed by atoms with Crippen LogP contribution in [0, 0.1) is 27.2 Å². The van der Waals surface area contributed by atoms with Crippen molar-refractivity contribution in [2.24, 2.45) is 5.10 Å². The molecule has 5 rings (SSSR count). The Morgan fingerprint density at radius 2 is 1.57 bits per heavy atom. The smallest absolute Gasteiger partial charge is 0.301 e. The molecule has 4 aromatic carbocycles. The van der Waals surface area contributed by atoms with Crippen LogP contribution >= 0.6 is 0 Å². The fourth-order valence-electron chi connectivity index (χ4n) is 4.91. The predicted molar refractivity (Wildman–Crippen MR) is 158 cm³/mol. The molecule has 42 heavy (non-hydrogen) atoms. The van der Waals surface area contributed by atoms with Crippen LogP contribution in [0.2, 0.25) is 0 Å². The maximum atomic E-state index is 11.7. The molecule has 0 saturated carbocycles. The van der Waals surface area contributed by atoms with Gasteiger partial charge in [0.2, 0.25) is 0 Å². The van der Waals surface area contributed by atoms with Gasteiger partial charge in [0, 0.05) is 28.7 Å². The highest BCUT2D eigenvalue weighted by Gasteiger charge is 2.32. The van der Waals surface area contributed by atoms with Gasteiger partial charge in [-0.1, -0.05) is 42.5 Å². The first kappa shape index (κ1) is 27.8. The molecule has 0 fully saturated rings. The van der Waals surface area contributed by atoms with E-state index < -0.39 is 21.2 Å². The molecule has 1 atom stereocenters. The molecule has 212 valence electrons. The van der Waals surface area contributed by atoms with Crippen LogP contribution < -0.4 is 19.6 Å². The zero-order valence-corrected chi connectivity index (χ0v) is 22.9. The summed E-state index contributed by atoms with van der Waals surface area (Å²) in [6.45, 7) is 2.02. The number of non-ortho nitro benzene ring substituents is 1. The summed E-state index contributed by atoms with van der Waals surface area (Å²) >= 11 is 0. The number of fused-ring (bicyclic) bond motifs is 1. The van der Waals surface area contributed by atoms with Gasteiger partial charge in [0.25, 0.3) is 5.69 Å². The molecule has 0 aliphatic carbocycles. The normalized spacial score (nSPS) is 14.2. The van der Waals surface area contributed by atoms with E-state index in [0.717, 1.165) is 22.8 Å². The number of nitro benzene ring substituents is 2. The molecule has 0 bridgehead atoms. The molecule has 0 spiro atoms. The number of rotatable bonds is 9. The van der Waals surface area contributed by atoms with Crippen LogP contribution in [0.5, 0.6) is 17.2 Å². The fourth-order valence-corrected chi connectivity index (χ4v) is 4.91. The van der Waals surface area contributed by atoms with Gasteiger partial charge in [0.05, 0.1) is 36.3 Å². The van der Waals surface area contributed by atoms with Crippen LogP contribution in [0.3, 0.4) is 0 Å². The number of allylic oxidation sites excluding steroid dienone is 1. The number of para-hydroxylation sites is 1. The monoisotopic (exact) mass is 566 g/mol. The molecule has 0 saturated heterocycles. The summed E-state index contributed by atoms with van der Waals surface area (Å²) in [6, 6.07) is 24.5. The lowest BCUT2D eigenvalue weighted by atomic mass is 9.80. The van der Waals surface area contributed by atoms with E-state index in [-0.39, 0.29) is 11.6 Å². The molecular formula is C31H26N4O7. The Hall–Kier alpha value is -5.71. The molecular weight excluding hydrogens is 540 g/mol.